The standard InChI is InChI=1S/C10H11N3O/c1-14-10-6-13(7-10)9-2-3-12-8(4-9)5-11/h2-4,10H,6-7H2,1H3. The molecule has 0 aliphatic carbocycles. The van der Waals surface area contributed by atoms with E-state index in [1.807, 2.05) is 12.1 Å². The molecular formula is C10H11N3O. The zero-order valence-corrected chi connectivity index (χ0v) is 7.97. The number of methoxy groups -OCH3 is 1. The van der Waals surface area contributed by atoms with Crippen LogP contribution < -0.4 is 4.90 Å². The molecule has 1 aliphatic heterocycles. The predicted molar refractivity (Wildman–Crippen MR) is 52.0 cm³/mol. The minimum absolute atomic E-state index is 0.328. The van der Waals surface area contributed by atoms with Gasteiger partial charge in [0.25, 0.3) is 0 Å². The maximum Gasteiger partial charge on any atom is 0.142 e. The van der Waals surface area contributed by atoms with Crippen LogP contribution in [-0.4, -0.2) is 31.3 Å². The van der Waals surface area contributed by atoms with Crippen LogP contribution in [0.15, 0.2) is 18.3 Å². The second-order valence-corrected chi connectivity index (χ2v) is 3.27. The Morgan fingerprint density at radius 1 is 1.64 bits per heavy atom. The predicted octanol–water partition coefficient (Wildman–Crippen LogP) is 0.788. The minimum Gasteiger partial charge on any atom is -0.378 e. The van der Waals surface area contributed by atoms with Crippen molar-refractivity contribution in [1.82, 2.24) is 4.98 Å². The summed E-state index contributed by atoms with van der Waals surface area (Å²) in [5, 5.41) is 8.68. The lowest BCUT2D eigenvalue weighted by molar-refractivity contribution is 0.0787. The van der Waals surface area contributed by atoms with Crippen LogP contribution >= 0.6 is 0 Å². The number of anilines is 1. The van der Waals surface area contributed by atoms with E-state index in [0.717, 1.165) is 18.8 Å². The Morgan fingerprint density at radius 3 is 3.07 bits per heavy atom. The van der Waals surface area contributed by atoms with E-state index in [2.05, 4.69) is 9.88 Å². The van der Waals surface area contributed by atoms with Gasteiger partial charge in [-0.3, -0.25) is 0 Å². The van der Waals surface area contributed by atoms with Crippen LogP contribution in [0.4, 0.5) is 5.69 Å². The van der Waals surface area contributed by atoms with Gasteiger partial charge in [-0.05, 0) is 12.1 Å². The number of hydrogen-bond acceptors (Lipinski definition) is 4. The molecule has 0 radical (unpaired) electrons. The fourth-order valence-electron chi connectivity index (χ4n) is 1.48. The monoisotopic (exact) mass is 189 g/mol. The lowest BCUT2D eigenvalue weighted by Gasteiger charge is -2.39. The second-order valence-electron chi connectivity index (χ2n) is 3.27. The van der Waals surface area contributed by atoms with E-state index in [1.165, 1.54) is 0 Å². The van der Waals surface area contributed by atoms with E-state index >= 15 is 0 Å². The van der Waals surface area contributed by atoms with Gasteiger partial charge >= 0.3 is 0 Å². The molecule has 4 nitrogen and oxygen atoms in total. The molecule has 0 spiro atoms. The first kappa shape index (κ1) is 8.97. The SMILES string of the molecule is COC1CN(c2ccnc(C#N)c2)C1. The Balaban J connectivity index is 2.08. The van der Waals surface area contributed by atoms with E-state index in [9.17, 15) is 0 Å². The summed E-state index contributed by atoms with van der Waals surface area (Å²) in [6.07, 6.45) is 1.99. The van der Waals surface area contributed by atoms with E-state index in [1.54, 1.807) is 19.4 Å². The maximum absolute atomic E-state index is 8.68. The number of ether oxygens (including phenoxy) is 1. The van der Waals surface area contributed by atoms with Crippen LogP contribution in [0.1, 0.15) is 5.69 Å². The summed E-state index contributed by atoms with van der Waals surface area (Å²) in [6.45, 7) is 1.79. The Morgan fingerprint density at radius 2 is 2.43 bits per heavy atom. The van der Waals surface area contributed by atoms with Gasteiger partial charge in [-0.15, -0.1) is 0 Å². The fourth-order valence-corrected chi connectivity index (χ4v) is 1.48. The third-order valence-electron chi connectivity index (χ3n) is 2.40. The molecule has 1 aromatic heterocycles. The molecule has 0 amide bonds. The second kappa shape index (κ2) is 3.64. The molecule has 2 rings (SSSR count). The topological polar surface area (TPSA) is 49.1 Å². The average molecular weight is 189 g/mol. The Kier molecular flexibility index (Phi) is 2.33. The number of nitriles is 1. The summed E-state index contributed by atoms with van der Waals surface area (Å²) >= 11 is 0. The molecule has 1 saturated heterocycles. The molecule has 1 aliphatic rings. The summed E-state index contributed by atoms with van der Waals surface area (Å²) in [6, 6.07) is 5.73. The minimum atomic E-state index is 0.328. The summed E-state index contributed by atoms with van der Waals surface area (Å²) in [4.78, 5) is 6.08. The van der Waals surface area contributed by atoms with Gasteiger partial charge in [-0.2, -0.15) is 5.26 Å². The van der Waals surface area contributed by atoms with Crippen molar-refractivity contribution < 1.29 is 4.74 Å². The zero-order chi connectivity index (χ0) is 9.97. The smallest absolute Gasteiger partial charge is 0.142 e. The van der Waals surface area contributed by atoms with Gasteiger partial charge in [-0.1, -0.05) is 0 Å². The molecule has 0 aromatic carbocycles. The molecule has 0 atom stereocenters. The van der Waals surface area contributed by atoms with Crippen LogP contribution in [0, 0.1) is 11.3 Å². The zero-order valence-electron chi connectivity index (χ0n) is 7.97. The maximum atomic E-state index is 8.68. The van der Waals surface area contributed by atoms with Crippen LogP contribution in [0.5, 0.6) is 0 Å². The lowest BCUT2D eigenvalue weighted by atomic mass is 10.1. The van der Waals surface area contributed by atoms with Crippen molar-refractivity contribution in [2.24, 2.45) is 0 Å². The van der Waals surface area contributed by atoms with E-state index in [0.29, 0.717) is 11.8 Å². The average Bonchev–Trinajstić information content (AvgIpc) is 2.17. The summed E-state index contributed by atoms with van der Waals surface area (Å²) in [7, 11) is 1.72. The van der Waals surface area contributed by atoms with Crippen molar-refractivity contribution in [3.05, 3.63) is 24.0 Å². The van der Waals surface area contributed by atoms with Gasteiger partial charge in [0.15, 0.2) is 0 Å². The van der Waals surface area contributed by atoms with Gasteiger partial charge in [-0.25, -0.2) is 4.98 Å². The van der Waals surface area contributed by atoms with Crippen molar-refractivity contribution in [2.45, 2.75) is 6.10 Å². The highest BCUT2D eigenvalue weighted by Crippen LogP contribution is 2.21. The molecule has 0 N–H and O–H groups in total. The lowest BCUT2D eigenvalue weighted by Crippen LogP contribution is -2.51. The van der Waals surface area contributed by atoms with E-state index in [-0.39, 0.29) is 0 Å². The molecular weight excluding hydrogens is 178 g/mol. The van der Waals surface area contributed by atoms with Crippen molar-refractivity contribution in [3.63, 3.8) is 0 Å². The molecule has 1 fully saturated rings. The van der Waals surface area contributed by atoms with Crippen molar-refractivity contribution in [1.29, 1.82) is 5.26 Å². The fraction of sp³-hybridized carbons (Fsp3) is 0.400. The number of nitrogens with zero attached hydrogens (tertiary/aromatic N) is 3. The molecule has 2 heterocycles. The highest BCUT2D eigenvalue weighted by atomic mass is 16.5. The van der Waals surface area contributed by atoms with Gasteiger partial charge in [0, 0.05) is 32.1 Å². The van der Waals surface area contributed by atoms with E-state index < -0.39 is 0 Å². The normalized spacial score (nSPS) is 16.1. The molecule has 0 unspecified atom stereocenters. The molecule has 1 aromatic rings. The summed E-state index contributed by atoms with van der Waals surface area (Å²) in [5.74, 6) is 0. The van der Waals surface area contributed by atoms with Crippen LogP contribution in [0.3, 0.4) is 0 Å². The molecule has 0 bridgehead atoms. The Bertz CT molecular complexity index is 366. The summed E-state index contributed by atoms with van der Waals surface area (Å²) < 4.78 is 5.17. The summed E-state index contributed by atoms with van der Waals surface area (Å²) in [5.41, 5.74) is 1.51. The first-order valence-electron chi connectivity index (χ1n) is 4.47. The van der Waals surface area contributed by atoms with Crippen LogP contribution in [0.25, 0.3) is 0 Å². The van der Waals surface area contributed by atoms with Crippen molar-refractivity contribution in [3.8, 4) is 6.07 Å². The molecule has 14 heavy (non-hydrogen) atoms. The molecule has 72 valence electrons. The van der Waals surface area contributed by atoms with Crippen molar-refractivity contribution >= 4 is 5.69 Å². The van der Waals surface area contributed by atoms with Gasteiger partial charge in [0.1, 0.15) is 11.8 Å². The largest absolute Gasteiger partial charge is 0.378 e. The van der Waals surface area contributed by atoms with Crippen LogP contribution in [0.2, 0.25) is 0 Å². The molecule has 0 saturated carbocycles. The number of hydrogen-bond donors (Lipinski definition) is 0. The Labute approximate surface area is 82.7 Å². The quantitative estimate of drug-likeness (QED) is 0.690. The first-order valence-corrected chi connectivity index (χ1v) is 4.47. The van der Waals surface area contributed by atoms with Gasteiger partial charge in [0.2, 0.25) is 0 Å². The highest BCUT2D eigenvalue weighted by molar-refractivity contribution is 5.51. The number of aromatic nitrogens is 1. The van der Waals surface area contributed by atoms with Crippen LogP contribution in [-0.2, 0) is 4.74 Å². The number of rotatable bonds is 2. The number of pyridine rings is 1. The van der Waals surface area contributed by atoms with Crippen molar-refractivity contribution in [2.75, 3.05) is 25.1 Å². The van der Waals surface area contributed by atoms with Gasteiger partial charge in [0.05, 0.1) is 6.10 Å². The third kappa shape index (κ3) is 1.54. The first-order chi connectivity index (χ1) is 6.83. The van der Waals surface area contributed by atoms with Gasteiger partial charge < -0.3 is 9.64 Å². The molecule has 4 heteroatoms. The third-order valence-corrected chi connectivity index (χ3v) is 2.40. The Hall–Kier alpha value is -1.60. The van der Waals surface area contributed by atoms with E-state index in [4.69, 9.17) is 10.00 Å². The highest BCUT2D eigenvalue weighted by Gasteiger charge is 2.26.